The van der Waals surface area contributed by atoms with Gasteiger partial charge >= 0.3 is 0 Å². The smallest absolute Gasteiger partial charge is 0.226 e. The Morgan fingerprint density at radius 1 is 1.07 bits per heavy atom. The van der Waals surface area contributed by atoms with E-state index in [0.717, 1.165) is 56.1 Å². The van der Waals surface area contributed by atoms with Crippen LogP contribution in [-0.4, -0.2) is 48.9 Å². The number of halogens is 3. The van der Waals surface area contributed by atoms with Crippen molar-refractivity contribution in [2.24, 2.45) is 5.92 Å². The van der Waals surface area contributed by atoms with Gasteiger partial charge in [-0.2, -0.15) is 0 Å². The van der Waals surface area contributed by atoms with Crippen LogP contribution in [0.1, 0.15) is 24.0 Å². The lowest BCUT2D eigenvalue weighted by Gasteiger charge is -2.34. The number of likely N-dealkylation sites (N-methyl/N-ethyl adjacent to an activating group) is 1. The van der Waals surface area contributed by atoms with Crippen molar-refractivity contribution < 1.29 is 13.6 Å². The second kappa shape index (κ2) is 10.2. The molecule has 0 bridgehead atoms. The standard InChI is InChI=1S/C23H27ClF2N2O/c1-27(23(29)15-19-4-7-21(25)22(26)14-19)16-18-9-12-28(13-10-18)11-8-17-2-5-20(24)6-3-17/h2-7,14,18H,8-13,15-16H2,1H3. The van der Waals surface area contributed by atoms with Crippen LogP contribution in [0.15, 0.2) is 42.5 Å². The number of carbonyl (C=O) groups is 1. The third kappa shape index (κ3) is 6.51. The molecule has 1 heterocycles. The maximum Gasteiger partial charge on any atom is 0.226 e. The summed E-state index contributed by atoms with van der Waals surface area (Å²) in [5.74, 6) is -1.40. The van der Waals surface area contributed by atoms with Crippen LogP contribution in [0.25, 0.3) is 0 Å². The first-order valence-electron chi connectivity index (χ1n) is 10.1. The summed E-state index contributed by atoms with van der Waals surface area (Å²) in [6, 6.07) is 11.6. The molecule has 1 aliphatic rings. The number of hydrogen-bond acceptors (Lipinski definition) is 2. The number of amides is 1. The zero-order valence-corrected chi connectivity index (χ0v) is 17.5. The predicted octanol–water partition coefficient (Wildman–Crippen LogP) is 4.57. The summed E-state index contributed by atoms with van der Waals surface area (Å²) in [6.45, 7) is 3.79. The molecule has 0 saturated carbocycles. The summed E-state index contributed by atoms with van der Waals surface area (Å²) in [5.41, 5.74) is 1.79. The van der Waals surface area contributed by atoms with Crippen LogP contribution < -0.4 is 0 Å². The molecule has 0 N–H and O–H groups in total. The van der Waals surface area contributed by atoms with Crippen molar-refractivity contribution in [3.05, 3.63) is 70.2 Å². The molecule has 29 heavy (non-hydrogen) atoms. The van der Waals surface area contributed by atoms with Crippen LogP contribution in [0, 0.1) is 17.6 Å². The van der Waals surface area contributed by atoms with Gasteiger partial charge in [0.2, 0.25) is 5.91 Å². The molecule has 2 aromatic rings. The Morgan fingerprint density at radius 2 is 1.72 bits per heavy atom. The Hall–Kier alpha value is -1.98. The molecule has 3 nitrogen and oxygen atoms in total. The minimum absolute atomic E-state index is 0.0684. The van der Waals surface area contributed by atoms with E-state index in [4.69, 9.17) is 11.6 Å². The van der Waals surface area contributed by atoms with Crippen LogP contribution in [0.3, 0.4) is 0 Å². The number of rotatable bonds is 7. The lowest BCUT2D eigenvalue weighted by Crippen LogP contribution is -2.40. The predicted molar refractivity (Wildman–Crippen MR) is 112 cm³/mol. The molecule has 0 aliphatic carbocycles. The Labute approximate surface area is 176 Å². The molecule has 0 spiro atoms. The highest BCUT2D eigenvalue weighted by molar-refractivity contribution is 6.30. The number of carbonyl (C=O) groups excluding carboxylic acids is 1. The maximum atomic E-state index is 13.3. The van der Waals surface area contributed by atoms with Crippen LogP contribution in [0.4, 0.5) is 8.78 Å². The summed E-state index contributed by atoms with van der Waals surface area (Å²) >= 11 is 5.93. The van der Waals surface area contributed by atoms with E-state index >= 15 is 0 Å². The fourth-order valence-electron chi connectivity index (χ4n) is 3.78. The van der Waals surface area contributed by atoms with E-state index in [2.05, 4.69) is 17.0 Å². The van der Waals surface area contributed by atoms with Crippen LogP contribution in [0.2, 0.25) is 5.02 Å². The van der Waals surface area contributed by atoms with Gasteiger partial charge in [0.05, 0.1) is 6.42 Å². The molecule has 0 atom stereocenters. The van der Waals surface area contributed by atoms with Gasteiger partial charge < -0.3 is 9.80 Å². The van der Waals surface area contributed by atoms with E-state index in [9.17, 15) is 13.6 Å². The molecular weight excluding hydrogens is 394 g/mol. The van der Waals surface area contributed by atoms with E-state index in [0.29, 0.717) is 18.0 Å². The number of likely N-dealkylation sites (tertiary alicyclic amines) is 1. The van der Waals surface area contributed by atoms with Crippen molar-refractivity contribution in [1.29, 1.82) is 0 Å². The number of nitrogens with zero attached hydrogens (tertiary/aromatic N) is 2. The molecule has 0 unspecified atom stereocenters. The fraction of sp³-hybridized carbons (Fsp3) is 0.435. The van der Waals surface area contributed by atoms with Gasteiger partial charge in [0.1, 0.15) is 0 Å². The van der Waals surface area contributed by atoms with E-state index in [-0.39, 0.29) is 12.3 Å². The van der Waals surface area contributed by atoms with Crippen molar-refractivity contribution in [1.82, 2.24) is 9.80 Å². The molecule has 2 aromatic carbocycles. The molecule has 0 radical (unpaired) electrons. The second-order valence-corrected chi connectivity index (χ2v) is 8.30. The average molecular weight is 421 g/mol. The minimum Gasteiger partial charge on any atom is -0.345 e. The van der Waals surface area contributed by atoms with E-state index in [1.165, 1.54) is 11.6 Å². The highest BCUT2D eigenvalue weighted by Crippen LogP contribution is 2.19. The summed E-state index contributed by atoms with van der Waals surface area (Å²) in [4.78, 5) is 16.6. The molecule has 0 aromatic heterocycles. The Balaban J connectivity index is 1.39. The molecule has 1 amide bonds. The third-order valence-corrected chi connectivity index (χ3v) is 5.89. The summed E-state index contributed by atoms with van der Waals surface area (Å²) < 4.78 is 26.3. The van der Waals surface area contributed by atoms with Gasteiger partial charge in [0.25, 0.3) is 0 Å². The van der Waals surface area contributed by atoms with Gasteiger partial charge in [-0.1, -0.05) is 29.8 Å². The molecule has 1 fully saturated rings. The molecule has 1 saturated heterocycles. The van der Waals surface area contributed by atoms with E-state index in [1.54, 1.807) is 11.9 Å². The quantitative estimate of drug-likeness (QED) is 0.654. The highest BCUT2D eigenvalue weighted by atomic mass is 35.5. The van der Waals surface area contributed by atoms with Crippen LogP contribution >= 0.6 is 11.6 Å². The van der Waals surface area contributed by atoms with Crippen LogP contribution in [0.5, 0.6) is 0 Å². The largest absolute Gasteiger partial charge is 0.345 e. The van der Waals surface area contributed by atoms with Gasteiger partial charge in [-0.05, 0) is 73.7 Å². The molecule has 1 aliphatic heterocycles. The normalized spacial score (nSPS) is 15.4. The number of piperidine rings is 1. The monoisotopic (exact) mass is 420 g/mol. The summed E-state index contributed by atoms with van der Waals surface area (Å²) in [7, 11) is 1.79. The third-order valence-electron chi connectivity index (χ3n) is 5.63. The molecule has 156 valence electrons. The Morgan fingerprint density at radius 3 is 2.38 bits per heavy atom. The molecule has 3 rings (SSSR count). The first kappa shape index (κ1) is 21.7. The molecular formula is C23H27ClF2N2O. The van der Waals surface area contributed by atoms with E-state index in [1.807, 2.05) is 12.1 Å². The first-order valence-corrected chi connectivity index (χ1v) is 10.4. The fourth-order valence-corrected chi connectivity index (χ4v) is 3.91. The van der Waals surface area contributed by atoms with Gasteiger partial charge in [0.15, 0.2) is 11.6 Å². The zero-order chi connectivity index (χ0) is 20.8. The van der Waals surface area contributed by atoms with Crippen molar-refractivity contribution in [2.45, 2.75) is 25.7 Å². The number of benzene rings is 2. The van der Waals surface area contributed by atoms with Crippen molar-refractivity contribution in [3.63, 3.8) is 0 Å². The maximum absolute atomic E-state index is 13.3. The highest BCUT2D eigenvalue weighted by Gasteiger charge is 2.22. The minimum atomic E-state index is -0.913. The zero-order valence-electron chi connectivity index (χ0n) is 16.7. The van der Waals surface area contributed by atoms with Gasteiger partial charge in [-0.3, -0.25) is 4.79 Å². The Kier molecular flexibility index (Phi) is 7.62. The number of hydrogen-bond donors (Lipinski definition) is 0. The first-order chi connectivity index (χ1) is 13.9. The van der Waals surface area contributed by atoms with Crippen molar-refractivity contribution in [3.8, 4) is 0 Å². The lowest BCUT2D eigenvalue weighted by atomic mass is 9.95. The SMILES string of the molecule is CN(CC1CCN(CCc2ccc(Cl)cc2)CC1)C(=O)Cc1ccc(F)c(F)c1. The van der Waals surface area contributed by atoms with Gasteiger partial charge in [-0.25, -0.2) is 8.78 Å². The Bertz CT molecular complexity index is 820. The molecule has 6 heteroatoms. The van der Waals surface area contributed by atoms with Crippen molar-refractivity contribution >= 4 is 17.5 Å². The van der Waals surface area contributed by atoms with Gasteiger partial charge in [0, 0.05) is 25.2 Å². The second-order valence-electron chi connectivity index (χ2n) is 7.86. The average Bonchev–Trinajstić information content (AvgIpc) is 2.71. The topological polar surface area (TPSA) is 23.6 Å². The summed E-state index contributed by atoms with van der Waals surface area (Å²) in [6.07, 6.45) is 3.22. The summed E-state index contributed by atoms with van der Waals surface area (Å²) in [5, 5.41) is 0.762. The van der Waals surface area contributed by atoms with Gasteiger partial charge in [-0.15, -0.1) is 0 Å². The van der Waals surface area contributed by atoms with Crippen molar-refractivity contribution in [2.75, 3.05) is 33.2 Å². The lowest BCUT2D eigenvalue weighted by molar-refractivity contribution is -0.129. The van der Waals surface area contributed by atoms with Crippen LogP contribution in [-0.2, 0) is 17.6 Å². The van der Waals surface area contributed by atoms with E-state index < -0.39 is 11.6 Å².